The van der Waals surface area contributed by atoms with Crippen LogP contribution in [-0.4, -0.2) is 43.5 Å². The second kappa shape index (κ2) is 8.91. The maximum Gasteiger partial charge on any atom is 0.335 e. The SMILES string of the molecule is COc1ccc(/C=C2\SC(=Nc3cc(C(=O)O)ccc3C)NC2=O)c(OC)c1OC. The number of amides is 1. The van der Waals surface area contributed by atoms with Crippen LogP contribution in [0.3, 0.4) is 0 Å². The lowest BCUT2D eigenvalue weighted by molar-refractivity contribution is -0.115. The van der Waals surface area contributed by atoms with Gasteiger partial charge in [-0.25, -0.2) is 9.79 Å². The normalized spacial score (nSPS) is 15.9. The molecule has 2 aromatic carbocycles. The van der Waals surface area contributed by atoms with Gasteiger partial charge in [-0.3, -0.25) is 4.79 Å². The number of carbonyl (C=O) groups is 2. The van der Waals surface area contributed by atoms with E-state index in [9.17, 15) is 14.7 Å². The Morgan fingerprint density at radius 2 is 1.83 bits per heavy atom. The number of benzene rings is 2. The van der Waals surface area contributed by atoms with Crippen LogP contribution >= 0.6 is 11.8 Å². The largest absolute Gasteiger partial charge is 0.493 e. The minimum absolute atomic E-state index is 0.125. The number of methoxy groups -OCH3 is 3. The standard InChI is InChI=1S/C21H20N2O6S/c1-11-5-6-13(20(25)26)9-14(11)22-21-23-19(24)16(30-21)10-12-7-8-15(27-2)18(29-4)17(12)28-3/h5-10H,1-4H3,(H,25,26)(H,22,23,24)/b16-10-. The van der Waals surface area contributed by atoms with Gasteiger partial charge in [-0.2, -0.15) is 0 Å². The Hall–Kier alpha value is -3.46. The number of nitrogens with zero attached hydrogens (tertiary/aromatic N) is 1. The van der Waals surface area contributed by atoms with Crippen molar-refractivity contribution in [1.82, 2.24) is 5.32 Å². The van der Waals surface area contributed by atoms with Crippen LogP contribution in [0.5, 0.6) is 17.2 Å². The molecule has 0 spiro atoms. The number of thioether (sulfide) groups is 1. The minimum Gasteiger partial charge on any atom is -0.493 e. The average molecular weight is 428 g/mol. The molecule has 2 N–H and O–H groups in total. The summed E-state index contributed by atoms with van der Waals surface area (Å²) in [6.45, 7) is 1.82. The smallest absolute Gasteiger partial charge is 0.335 e. The van der Waals surface area contributed by atoms with Crippen molar-refractivity contribution in [2.75, 3.05) is 21.3 Å². The number of carbonyl (C=O) groups excluding carboxylic acids is 1. The van der Waals surface area contributed by atoms with E-state index in [0.717, 1.165) is 17.3 Å². The summed E-state index contributed by atoms with van der Waals surface area (Å²) in [7, 11) is 4.54. The molecule has 2 aromatic rings. The Bertz CT molecular complexity index is 1080. The Kier molecular flexibility index (Phi) is 6.31. The van der Waals surface area contributed by atoms with Crippen molar-refractivity contribution in [3.63, 3.8) is 0 Å². The number of aromatic carboxylic acids is 1. The van der Waals surface area contributed by atoms with Crippen molar-refractivity contribution < 1.29 is 28.9 Å². The highest BCUT2D eigenvalue weighted by Gasteiger charge is 2.25. The van der Waals surface area contributed by atoms with Gasteiger partial charge in [-0.05, 0) is 54.6 Å². The van der Waals surface area contributed by atoms with Gasteiger partial charge in [0.1, 0.15) is 0 Å². The quantitative estimate of drug-likeness (QED) is 0.677. The summed E-state index contributed by atoms with van der Waals surface area (Å²) in [5.74, 6) is 0.0142. The highest BCUT2D eigenvalue weighted by atomic mass is 32.2. The number of rotatable bonds is 6. The second-order valence-corrected chi connectivity index (χ2v) is 7.24. The molecule has 0 radical (unpaired) electrons. The first-order valence-corrected chi connectivity index (χ1v) is 9.62. The van der Waals surface area contributed by atoms with Gasteiger partial charge < -0.3 is 24.6 Å². The third kappa shape index (κ3) is 4.25. The summed E-state index contributed by atoms with van der Waals surface area (Å²) in [4.78, 5) is 28.5. The summed E-state index contributed by atoms with van der Waals surface area (Å²) >= 11 is 1.15. The molecule has 0 saturated carbocycles. The monoisotopic (exact) mass is 428 g/mol. The van der Waals surface area contributed by atoms with Crippen LogP contribution in [0, 0.1) is 6.92 Å². The van der Waals surface area contributed by atoms with Gasteiger partial charge in [-0.1, -0.05) is 6.07 Å². The van der Waals surface area contributed by atoms with E-state index in [4.69, 9.17) is 14.2 Å². The molecule has 1 aliphatic heterocycles. The number of carboxylic acids is 1. The zero-order valence-corrected chi connectivity index (χ0v) is 17.6. The lowest BCUT2D eigenvalue weighted by Crippen LogP contribution is -2.19. The lowest BCUT2D eigenvalue weighted by Gasteiger charge is -2.14. The summed E-state index contributed by atoms with van der Waals surface area (Å²) < 4.78 is 16.1. The van der Waals surface area contributed by atoms with Gasteiger partial charge in [0.2, 0.25) is 5.75 Å². The van der Waals surface area contributed by atoms with Crippen molar-refractivity contribution >= 4 is 40.6 Å². The maximum absolute atomic E-state index is 12.4. The topological polar surface area (TPSA) is 106 Å². The second-order valence-electron chi connectivity index (χ2n) is 6.21. The molecule has 8 nitrogen and oxygen atoms in total. The Morgan fingerprint density at radius 3 is 2.47 bits per heavy atom. The molecule has 0 unspecified atom stereocenters. The Morgan fingerprint density at radius 1 is 1.10 bits per heavy atom. The first kappa shape index (κ1) is 21.3. The maximum atomic E-state index is 12.4. The number of aryl methyl sites for hydroxylation is 1. The van der Waals surface area contributed by atoms with E-state index >= 15 is 0 Å². The van der Waals surface area contributed by atoms with Crippen LogP contribution in [0.25, 0.3) is 6.08 Å². The fourth-order valence-electron chi connectivity index (χ4n) is 2.83. The molecule has 1 saturated heterocycles. The first-order chi connectivity index (χ1) is 14.4. The zero-order valence-electron chi connectivity index (χ0n) is 16.8. The molecular weight excluding hydrogens is 408 g/mol. The molecule has 1 fully saturated rings. The van der Waals surface area contributed by atoms with E-state index in [1.165, 1.54) is 33.5 Å². The van der Waals surface area contributed by atoms with Crippen molar-refractivity contribution in [3.8, 4) is 17.2 Å². The summed E-state index contributed by atoms with van der Waals surface area (Å²) in [5, 5.41) is 12.2. The van der Waals surface area contributed by atoms with Crippen LogP contribution in [0.2, 0.25) is 0 Å². The average Bonchev–Trinajstić information content (AvgIpc) is 3.07. The fraction of sp³-hybridized carbons (Fsp3) is 0.190. The molecule has 30 heavy (non-hydrogen) atoms. The Balaban J connectivity index is 1.95. The Labute approximate surface area is 177 Å². The molecule has 9 heteroatoms. The summed E-state index contributed by atoms with van der Waals surface area (Å²) in [5.41, 5.74) is 2.03. The van der Waals surface area contributed by atoms with Crippen LogP contribution in [0.4, 0.5) is 5.69 Å². The predicted octanol–water partition coefficient (Wildman–Crippen LogP) is 3.61. The van der Waals surface area contributed by atoms with E-state index in [1.807, 2.05) is 6.92 Å². The first-order valence-electron chi connectivity index (χ1n) is 8.80. The highest BCUT2D eigenvalue weighted by Crippen LogP contribution is 2.41. The van der Waals surface area contributed by atoms with Gasteiger partial charge in [0.05, 0.1) is 37.5 Å². The number of amidine groups is 1. The number of hydrogen-bond acceptors (Lipinski definition) is 7. The van der Waals surface area contributed by atoms with Gasteiger partial charge in [0.25, 0.3) is 5.91 Å². The van der Waals surface area contributed by atoms with Crippen molar-refractivity contribution in [2.24, 2.45) is 4.99 Å². The molecule has 156 valence electrons. The zero-order chi connectivity index (χ0) is 21.8. The minimum atomic E-state index is -1.04. The summed E-state index contributed by atoms with van der Waals surface area (Å²) in [6, 6.07) is 8.14. The van der Waals surface area contributed by atoms with Crippen LogP contribution < -0.4 is 19.5 Å². The van der Waals surface area contributed by atoms with E-state index in [-0.39, 0.29) is 11.5 Å². The third-order valence-corrected chi connectivity index (χ3v) is 5.26. The fourth-order valence-corrected chi connectivity index (χ4v) is 3.66. The molecular formula is C21H20N2O6S. The molecule has 0 bridgehead atoms. The molecule has 1 heterocycles. The van der Waals surface area contributed by atoms with Crippen LogP contribution in [0.1, 0.15) is 21.5 Å². The number of ether oxygens (including phenoxy) is 3. The molecule has 1 aliphatic rings. The van der Waals surface area contributed by atoms with Crippen molar-refractivity contribution in [2.45, 2.75) is 6.92 Å². The number of nitrogens with one attached hydrogen (secondary N) is 1. The van der Waals surface area contributed by atoms with Gasteiger partial charge >= 0.3 is 5.97 Å². The van der Waals surface area contributed by atoms with E-state index in [1.54, 1.807) is 24.3 Å². The highest BCUT2D eigenvalue weighted by molar-refractivity contribution is 8.18. The molecule has 0 aliphatic carbocycles. The van der Waals surface area contributed by atoms with Gasteiger partial charge in [0, 0.05) is 5.56 Å². The van der Waals surface area contributed by atoms with E-state index in [2.05, 4.69) is 10.3 Å². The molecule has 0 atom stereocenters. The lowest BCUT2D eigenvalue weighted by atomic mass is 10.1. The van der Waals surface area contributed by atoms with Gasteiger partial charge in [-0.15, -0.1) is 0 Å². The van der Waals surface area contributed by atoms with Crippen molar-refractivity contribution in [1.29, 1.82) is 0 Å². The summed E-state index contributed by atoms with van der Waals surface area (Å²) in [6.07, 6.45) is 1.67. The predicted molar refractivity (Wildman–Crippen MR) is 115 cm³/mol. The van der Waals surface area contributed by atoms with Gasteiger partial charge in [0.15, 0.2) is 16.7 Å². The number of aliphatic imine (C=N–C) groups is 1. The van der Waals surface area contributed by atoms with E-state index in [0.29, 0.717) is 38.6 Å². The van der Waals surface area contributed by atoms with Crippen LogP contribution in [-0.2, 0) is 4.79 Å². The third-order valence-electron chi connectivity index (χ3n) is 4.35. The number of hydrogen-bond donors (Lipinski definition) is 2. The number of carboxylic acid groups (broad SMARTS) is 1. The molecule has 1 amide bonds. The van der Waals surface area contributed by atoms with Crippen LogP contribution in [0.15, 0.2) is 40.2 Å². The molecule has 0 aromatic heterocycles. The van der Waals surface area contributed by atoms with E-state index < -0.39 is 5.97 Å². The van der Waals surface area contributed by atoms with Crippen molar-refractivity contribution in [3.05, 3.63) is 51.9 Å². The molecule has 3 rings (SSSR count).